The highest BCUT2D eigenvalue weighted by atomic mass is 16.7. The van der Waals surface area contributed by atoms with Crippen molar-refractivity contribution in [3.8, 4) is 0 Å². The van der Waals surface area contributed by atoms with Crippen LogP contribution in [0, 0.1) is 0 Å². The van der Waals surface area contributed by atoms with Crippen molar-refractivity contribution in [1.82, 2.24) is 5.32 Å². The number of carbonyl (C=O) groups is 2. The summed E-state index contributed by atoms with van der Waals surface area (Å²) in [7, 11) is 0. The number of amides is 1. The van der Waals surface area contributed by atoms with Crippen LogP contribution in [-0.2, 0) is 23.8 Å². The number of ether oxygens (including phenoxy) is 3. The molecular formula is C66H115NO10. The van der Waals surface area contributed by atoms with E-state index in [2.05, 4.69) is 99.0 Å². The van der Waals surface area contributed by atoms with Gasteiger partial charge in [-0.3, -0.25) is 9.59 Å². The van der Waals surface area contributed by atoms with Crippen LogP contribution >= 0.6 is 0 Å². The van der Waals surface area contributed by atoms with Crippen LogP contribution in [0.5, 0.6) is 0 Å². The predicted octanol–water partition coefficient (Wildman–Crippen LogP) is 14.9. The molecule has 1 aliphatic rings. The van der Waals surface area contributed by atoms with Gasteiger partial charge in [-0.05, 0) is 103 Å². The summed E-state index contributed by atoms with van der Waals surface area (Å²) in [5.74, 6) is -1.24. The second-order valence-corrected chi connectivity index (χ2v) is 21.4. The van der Waals surface area contributed by atoms with Gasteiger partial charge >= 0.3 is 5.97 Å². The monoisotopic (exact) mass is 1080 g/mol. The normalized spacial score (nSPS) is 19.6. The Morgan fingerprint density at radius 1 is 0.506 bits per heavy atom. The van der Waals surface area contributed by atoms with Gasteiger partial charge in [0, 0.05) is 6.42 Å². The second kappa shape index (κ2) is 53.5. The van der Waals surface area contributed by atoms with Gasteiger partial charge in [0.25, 0.3) is 0 Å². The Kier molecular flexibility index (Phi) is 49.9. The predicted molar refractivity (Wildman–Crippen MR) is 319 cm³/mol. The number of unbranched alkanes of at least 4 members (excludes halogenated alkanes) is 26. The van der Waals surface area contributed by atoms with Crippen LogP contribution in [0.3, 0.4) is 0 Å². The quantitative estimate of drug-likeness (QED) is 0.0195. The van der Waals surface area contributed by atoms with Crippen LogP contribution in [0.25, 0.3) is 0 Å². The zero-order chi connectivity index (χ0) is 56.1. The maximum Gasteiger partial charge on any atom is 0.306 e. The smallest absolute Gasteiger partial charge is 0.306 e. The van der Waals surface area contributed by atoms with Crippen molar-refractivity contribution in [3.05, 3.63) is 85.1 Å². The van der Waals surface area contributed by atoms with Crippen LogP contribution in [0.2, 0.25) is 0 Å². The van der Waals surface area contributed by atoms with E-state index in [9.17, 15) is 35.1 Å². The lowest BCUT2D eigenvalue weighted by molar-refractivity contribution is -0.305. The molecule has 0 saturated carbocycles. The third-order valence-corrected chi connectivity index (χ3v) is 14.3. The van der Waals surface area contributed by atoms with Crippen molar-refractivity contribution in [3.63, 3.8) is 0 Å². The van der Waals surface area contributed by atoms with Crippen molar-refractivity contribution in [2.45, 2.75) is 307 Å². The van der Waals surface area contributed by atoms with Crippen LogP contribution in [0.4, 0.5) is 0 Å². The molecule has 8 atom stereocenters. The van der Waals surface area contributed by atoms with Gasteiger partial charge in [0.05, 0.1) is 25.4 Å². The number of hydrogen-bond donors (Lipinski definition) is 6. The van der Waals surface area contributed by atoms with Gasteiger partial charge in [0.2, 0.25) is 5.91 Å². The fraction of sp³-hybridized carbons (Fsp3) is 0.758. The molecule has 77 heavy (non-hydrogen) atoms. The molecule has 1 aliphatic heterocycles. The highest BCUT2D eigenvalue weighted by Gasteiger charge is 2.47. The molecule has 1 rings (SSSR count). The fourth-order valence-corrected chi connectivity index (χ4v) is 9.25. The minimum absolute atomic E-state index is 0.107. The Balaban J connectivity index is 2.73. The van der Waals surface area contributed by atoms with Crippen molar-refractivity contribution in [2.75, 3.05) is 13.2 Å². The summed E-state index contributed by atoms with van der Waals surface area (Å²) in [6.07, 6.45) is 59.0. The molecule has 1 fully saturated rings. The van der Waals surface area contributed by atoms with E-state index in [-0.39, 0.29) is 19.4 Å². The Hall–Kier alpha value is -3.16. The Bertz CT molecular complexity index is 1570. The Morgan fingerprint density at radius 2 is 0.896 bits per heavy atom. The van der Waals surface area contributed by atoms with E-state index < -0.39 is 67.4 Å². The minimum atomic E-state index is -1.63. The summed E-state index contributed by atoms with van der Waals surface area (Å²) in [5, 5.41) is 57.0. The number of hydrogen-bond acceptors (Lipinski definition) is 10. The summed E-state index contributed by atoms with van der Waals surface area (Å²) in [4.78, 5) is 26.5. The highest BCUT2D eigenvalue weighted by molar-refractivity contribution is 5.80. The van der Waals surface area contributed by atoms with Crippen molar-refractivity contribution in [1.29, 1.82) is 0 Å². The largest absolute Gasteiger partial charge is 0.454 e. The van der Waals surface area contributed by atoms with E-state index in [4.69, 9.17) is 14.2 Å². The van der Waals surface area contributed by atoms with Crippen LogP contribution in [0.15, 0.2) is 85.1 Å². The number of carbonyl (C=O) groups excluding carboxylic acids is 2. The summed E-state index contributed by atoms with van der Waals surface area (Å²) >= 11 is 0. The van der Waals surface area contributed by atoms with E-state index in [0.717, 1.165) is 96.3 Å². The van der Waals surface area contributed by atoms with Gasteiger partial charge in [0.1, 0.15) is 24.4 Å². The molecule has 0 bridgehead atoms. The van der Waals surface area contributed by atoms with Crippen LogP contribution in [-0.4, -0.2) is 99.6 Å². The molecule has 1 heterocycles. The number of aliphatic hydroxyl groups is 5. The first kappa shape index (κ1) is 71.9. The molecule has 0 spiro atoms. The van der Waals surface area contributed by atoms with Gasteiger partial charge < -0.3 is 45.1 Å². The SMILES string of the molecule is CCCCC/C=C\C/C=C\C/C=C\C/C=C\CCCCC(O)C(=O)NC(COC1OC(CO)C(O)C(O)C1OC(=O)CCCCCCCCC/C=C\C/C=C\CCCCC)C(O)/C=C/CCCCCCCCCCCCC. The maximum absolute atomic E-state index is 13.4. The molecule has 1 saturated heterocycles. The number of rotatable bonds is 52. The summed E-state index contributed by atoms with van der Waals surface area (Å²) in [5.41, 5.74) is 0. The van der Waals surface area contributed by atoms with E-state index >= 15 is 0 Å². The van der Waals surface area contributed by atoms with Gasteiger partial charge in [0.15, 0.2) is 12.4 Å². The van der Waals surface area contributed by atoms with Crippen LogP contribution in [0.1, 0.15) is 258 Å². The van der Waals surface area contributed by atoms with Crippen molar-refractivity contribution < 1.29 is 49.3 Å². The van der Waals surface area contributed by atoms with E-state index in [0.29, 0.717) is 12.8 Å². The lowest BCUT2D eigenvalue weighted by Crippen LogP contribution is -2.61. The first-order valence-electron chi connectivity index (χ1n) is 31.4. The number of esters is 1. The first-order chi connectivity index (χ1) is 37.7. The first-order valence-corrected chi connectivity index (χ1v) is 31.4. The molecule has 0 aliphatic carbocycles. The molecule has 6 N–H and O–H groups in total. The Morgan fingerprint density at radius 3 is 1.36 bits per heavy atom. The van der Waals surface area contributed by atoms with Crippen molar-refractivity contribution in [2.24, 2.45) is 0 Å². The van der Waals surface area contributed by atoms with E-state index in [1.54, 1.807) is 6.08 Å². The summed E-state index contributed by atoms with van der Waals surface area (Å²) in [6, 6.07) is -1.05. The summed E-state index contributed by atoms with van der Waals surface area (Å²) < 4.78 is 17.6. The second-order valence-electron chi connectivity index (χ2n) is 21.4. The van der Waals surface area contributed by atoms with E-state index in [1.807, 2.05) is 6.08 Å². The zero-order valence-electron chi connectivity index (χ0n) is 49.1. The average molecular weight is 1080 g/mol. The lowest BCUT2D eigenvalue weighted by atomic mass is 9.99. The fourth-order valence-electron chi connectivity index (χ4n) is 9.25. The van der Waals surface area contributed by atoms with Gasteiger partial charge in [-0.15, -0.1) is 0 Å². The zero-order valence-corrected chi connectivity index (χ0v) is 49.1. The van der Waals surface area contributed by atoms with Gasteiger partial charge in [-0.1, -0.05) is 234 Å². The third-order valence-electron chi connectivity index (χ3n) is 14.3. The average Bonchev–Trinajstić information content (AvgIpc) is 3.43. The number of aliphatic hydroxyl groups excluding tert-OH is 5. The van der Waals surface area contributed by atoms with Gasteiger partial charge in [-0.2, -0.15) is 0 Å². The van der Waals surface area contributed by atoms with Crippen molar-refractivity contribution >= 4 is 11.9 Å². The Labute approximate surface area is 470 Å². The number of nitrogens with one attached hydrogen (secondary N) is 1. The number of allylic oxidation sites excluding steroid dienone is 13. The molecule has 11 heteroatoms. The topological polar surface area (TPSA) is 175 Å². The molecule has 8 unspecified atom stereocenters. The van der Waals surface area contributed by atoms with E-state index in [1.165, 1.54) is 116 Å². The highest BCUT2D eigenvalue weighted by Crippen LogP contribution is 2.26. The molecule has 1 amide bonds. The lowest BCUT2D eigenvalue weighted by Gasteiger charge is -2.41. The molecule has 0 aromatic rings. The molecule has 11 nitrogen and oxygen atoms in total. The van der Waals surface area contributed by atoms with Crippen LogP contribution < -0.4 is 5.32 Å². The maximum atomic E-state index is 13.4. The molecule has 0 aromatic heterocycles. The summed E-state index contributed by atoms with van der Waals surface area (Å²) in [6.45, 7) is 5.71. The van der Waals surface area contributed by atoms with Gasteiger partial charge in [-0.25, -0.2) is 0 Å². The minimum Gasteiger partial charge on any atom is -0.454 e. The third kappa shape index (κ3) is 41.5. The molecular weight excluding hydrogens is 967 g/mol. The molecule has 0 aromatic carbocycles. The molecule has 444 valence electrons. The standard InChI is InChI=1S/C66H115NO10/c1-4-7-10-13-16-19-22-25-27-29-31-32-35-38-41-44-47-50-53-59(70)65(74)67-57(58(69)52-49-46-43-40-37-34-24-21-18-15-12-9-6-3)56-75-66-64(63(73)62(72)60(55-68)76-66)77-61(71)54-51-48-45-42-39-36-33-30-28-26-23-20-17-14-11-8-5-2/h16-17,19-20,25-28,31-32,38,41,49,52,57-60,62-64,66,68-70,72-73H,4-15,18,21-24,29-30,33-37,39-40,42-48,50-51,53-56H2,1-3H3,(H,67,74)/b19-16-,20-17-,27-25-,28-26-,32-31-,41-38-,52-49+. The molecule has 0 radical (unpaired) electrons.